The molecule has 1 amide bonds. The lowest BCUT2D eigenvalue weighted by molar-refractivity contribution is -0.385. The van der Waals surface area contributed by atoms with E-state index in [2.05, 4.69) is 15.6 Å². The van der Waals surface area contributed by atoms with Gasteiger partial charge in [0.1, 0.15) is 12.0 Å². The van der Waals surface area contributed by atoms with Gasteiger partial charge in [-0.1, -0.05) is 0 Å². The molecule has 0 saturated heterocycles. The molecule has 1 aromatic rings. The fourth-order valence-electron chi connectivity index (χ4n) is 1.52. The Morgan fingerprint density at radius 1 is 1.50 bits per heavy atom. The molecule has 0 atom stereocenters. The zero-order valence-electron chi connectivity index (χ0n) is 11.5. The Labute approximate surface area is 116 Å². The highest BCUT2D eigenvalue weighted by Crippen LogP contribution is 2.17. The largest absolute Gasteiger partial charge is 0.383 e. The van der Waals surface area contributed by atoms with E-state index in [0.29, 0.717) is 37.5 Å². The van der Waals surface area contributed by atoms with Crippen LogP contribution < -0.4 is 10.6 Å². The fourth-order valence-corrected chi connectivity index (χ4v) is 1.52. The number of anilines is 1. The monoisotopic (exact) mass is 282 g/mol. The first-order chi connectivity index (χ1) is 9.54. The Bertz CT molecular complexity index is 479. The first kappa shape index (κ1) is 15.8. The van der Waals surface area contributed by atoms with Crippen molar-refractivity contribution in [2.45, 2.75) is 13.3 Å². The van der Waals surface area contributed by atoms with E-state index in [9.17, 15) is 14.9 Å². The number of aryl methyl sites for hydroxylation is 1. The number of nitrogens with zero attached hydrogens (tertiary/aromatic N) is 2. The molecule has 0 radical (unpaired) electrons. The van der Waals surface area contributed by atoms with E-state index in [0.717, 1.165) is 0 Å². The molecule has 20 heavy (non-hydrogen) atoms. The van der Waals surface area contributed by atoms with Gasteiger partial charge in [0.25, 0.3) is 5.69 Å². The summed E-state index contributed by atoms with van der Waals surface area (Å²) in [5.74, 6) is 0.453. The van der Waals surface area contributed by atoms with Crippen LogP contribution in [0.5, 0.6) is 0 Å². The Kier molecular flexibility index (Phi) is 6.38. The Morgan fingerprint density at radius 2 is 2.25 bits per heavy atom. The number of ether oxygens (including phenoxy) is 1. The van der Waals surface area contributed by atoms with Gasteiger partial charge in [0, 0.05) is 32.7 Å². The van der Waals surface area contributed by atoms with Crippen molar-refractivity contribution in [2.75, 3.05) is 32.1 Å². The van der Waals surface area contributed by atoms with Crippen LogP contribution in [-0.4, -0.2) is 42.6 Å². The highest BCUT2D eigenvalue weighted by atomic mass is 16.6. The first-order valence-corrected chi connectivity index (χ1v) is 6.15. The number of carbonyl (C=O) groups excluding carboxylic acids is 1. The van der Waals surface area contributed by atoms with E-state index >= 15 is 0 Å². The molecule has 8 nitrogen and oxygen atoms in total. The molecule has 0 saturated carbocycles. The Balaban J connectivity index is 2.38. The van der Waals surface area contributed by atoms with Crippen LogP contribution in [0.1, 0.15) is 12.0 Å². The van der Waals surface area contributed by atoms with Crippen molar-refractivity contribution in [2.24, 2.45) is 0 Å². The molecule has 0 aliphatic rings. The van der Waals surface area contributed by atoms with Crippen molar-refractivity contribution in [3.05, 3.63) is 27.9 Å². The number of amides is 1. The van der Waals surface area contributed by atoms with Crippen LogP contribution >= 0.6 is 0 Å². The number of hydrogen-bond acceptors (Lipinski definition) is 6. The summed E-state index contributed by atoms with van der Waals surface area (Å²) in [4.78, 5) is 25.5. The van der Waals surface area contributed by atoms with E-state index in [-0.39, 0.29) is 11.6 Å². The molecule has 0 aromatic carbocycles. The molecule has 0 fully saturated rings. The van der Waals surface area contributed by atoms with Crippen LogP contribution in [0.15, 0.2) is 12.3 Å². The molecular weight excluding hydrogens is 264 g/mol. The van der Waals surface area contributed by atoms with Crippen LogP contribution in [0, 0.1) is 17.0 Å². The molecule has 1 heterocycles. The minimum absolute atomic E-state index is 0.0506. The van der Waals surface area contributed by atoms with E-state index in [1.165, 1.54) is 12.3 Å². The first-order valence-electron chi connectivity index (χ1n) is 6.15. The standard InChI is InChI=1S/C12H18N4O4/c1-9-7-10(16(18)19)8-15-12(9)14-4-3-11(17)13-5-6-20-2/h7-8H,3-6H2,1-2H3,(H,13,17)(H,14,15). The van der Waals surface area contributed by atoms with Gasteiger partial charge in [-0.25, -0.2) is 4.98 Å². The summed E-state index contributed by atoms with van der Waals surface area (Å²) in [5.41, 5.74) is 0.615. The molecule has 0 bridgehead atoms. The fraction of sp³-hybridized carbons (Fsp3) is 0.500. The van der Waals surface area contributed by atoms with Crippen LogP contribution in [0.2, 0.25) is 0 Å². The third kappa shape index (κ3) is 5.19. The van der Waals surface area contributed by atoms with Gasteiger partial charge < -0.3 is 15.4 Å². The van der Waals surface area contributed by atoms with Gasteiger partial charge in [-0.15, -0.1) is 0 Å². The van der Waals surface area contributed by atoms with Gasteiger partial charge >= 0.3 is 0 Å². The molecule has 8 heteroatoms. The minimum atomic E-state index is -0.493. The number of aromatic nitrogens is 1. The molecule has 0 aliphatic heterocycles. The maximum absolute atomic E-state index is 11.4. The lowest BCUT2D eigenvalue weighted by atomic mass is 10.2. The molecule has 1 rings (SSSR count). The van der Waals surface area contributed by atoms with Crippen molar-refractivity contribution in [3.63, 3.8) is 0 Å². The third-order valence-electron chi connectivity index (χ3n) is 2.55. The molecular formula is C12H18N4O4. The summed E-state index contributed by atoms with van der Waals surface area (Å²) >= 11 is 0. The summed E-state index contributed by atoms with van der Waals surface area (Å²) < 4.78 is 4.82. The topological polar surface area (TPSA) is 106 Å². The minimum Gasteiger partial charge on any atom is -0.383 e. The Morgan fingerprint density at radius 3 is 2.85 bits per heavy atom. The summed E-state index contributed by atoms with van der Waals surface area (Å²) in [5, 5.41) is 16.2. The molecule has 1 aromatic heterocycles. The molecule has 2 N–H and O–H groups in total. The summed E-state index contributed by atoms with van der Waals surface area (Å²) in [7, 11) is 1.57. The second-order valence-electron chi connectivity index (χ2n) is 4.14. The molecule has 0 unspecified atom stereocenters. The average molecular weight is 282 g/mol. The quantitative estimate of drug-likeness (QED) is 0.416. The van der Waals surface area contributed by atoms with Gasteiger partial charge in [0.2, 0.25) is 5.91 Å². The maximum Gasteiger partial charge on any atom is 0.287 e. The van der Waals surface area contributed by atoms with Gasteiger partial charge in [0.15, 0.2) is 0 Å². The van der Waals surface area contributed by atoms with Gasteiger partial charge in [-0.2, -0.15) is 0 Å². The van der Waals surface area contributed by atoms with Crippen LogP contribution in [0.4, 0.5) is 11.5 Å². The number of hydrogen-bond donors (Lipinski definition) is 2. The normalized spacial score (nSPS) is 10.1. The second-order valence-corrected chi connectivity index (χ2v) is 4.14. The Hall–Kier alpha value is -2.22. The summed E-state index contributed by atoms with van der Waals surface area (Å²) in [6, 6.07) is 1.44. The molecule has 110 valence electrons. The van der Waals surface area contributed by atoms with Gasteiger partial charge in [-0.05, 0) is 12.5 Å². The number of nitrogens with one attached hydrogen (secondary N) is 2. The van der Waals surface area contributed by atoms with Crippen molar-refractivity contribution < 1.29 is 14.5 Å². The van der Waals surface area contributed by atoms with Crippen molar-refractivity contribution in [1.29, 1.82) is 0 Å². The highest BCUT2D eigenvalue weighted by Gasteiger charge is 2.09. The van der Waals surface area contributed by atoms with Crippen LogP contribution in [-0.2, 0) is 9.53 Å². The van der Waals surface area contributed by atoms with E-state index in [1.54, 1.807) is 14.0 Å². The van der Waals surface area contributed by atoms with E-state index in [1.807, 2.05) is 0 Å². The average Bonchev–Trinajstić information content (AvgIpc) is 2.40. The number of carbonyl (C=O) groups is 1. The lowest BCUT2D eigenvalue weighted by Crippen LogP contribution is -2.28. The summed E-state index contributed by atoms with van der Waals surface area (Å²) in [6.45, 7) is 3.08. The highest BCUT2D eigenvalue weighted by molar-refractivity contribution is 5.76. The zero-order chi connectivity index (χ0) is 15.0. The second kappa shape index (κ2) is 8.05. The van der Waals surface area contributed by atoms with E-state index < -0.39 is 4.92 Å². The molecule has 0 spiro atoms. The van der Waals surface area contributed by atoms with Crippen molar-refractivity contribution in [1.82, 2.24) is 10.3 Å². The summed E-state index contributed by atoms with van der Waals surface area (Å²) in [6.07, 6.45) is 1.48. The lowest BCUT2D eigenvalue weighted by Gasteiger charge is -2.08. The number of methoxy groups -OCH3 is 1. The molecule has 0 aliphatic carbocycles. The van der Waals surface area contributed by atoms with Crippen LogP contribution in [0.25, 0.3) is 0 Å². The third-order valence-corrected chi connectivity index (χ3v) is 2.55. The SMILES string of the molecule is COCCNC(=O)CCNc1ncc([N+](=O)[O-])cc1C. The van der Waals surface area contributed by atoms with E-state index in [4.69, 9.17) is 4.74 Å². The zero-order valence-corrected chi connectivity index (χ0v) is 11.5. The van der Waals surface area contributed by atoms with Gasteiger partial charge in [-0.3, -0.25) is 14.9 Å². The number of rotatable bonds is 8. The van der Waals surface area contributed by atoms with Gasteiger partial charge in [0.05, 0.1) is 11.5 Å². The maximum atomic E-state index is 11.4. The van der Waals surface area contributed by atoms with Crippen molar-refractivity contribution in [3.8, 4) is 0 Å². The predicted octanol–water partition coefficient (Wildman–Crippen LogP) is 0.863. The van der Waals surface area contributed by atoms with Crippen LogP contribution in [0.3, 0.4) is 0 Å². The number of pyridine rings is 1. The smallest absolute Gasteiger partial charge is 0.287 e. The van der Waals surface area contributed by atoms with Crippen molar-refractivity contribution >= 4 is 17.4 Å². The predicted molar refractivity (Wildman–Crippen MR) is 73.6 cm³/mol. The number of nitro groups is 1.